The summed E-state index contributed by atoms with van der Waals surface area (Å²) >= 11 is 0. The van der Waals surface area contributed by atoms with Crippen LogP contribution in [0.4, 0.5) is 0 Å². The molecule has 0 aliphatic heterocycles. The monoisotopic (exact) mass is 283 g/mol. The third-order valence-electron chi connectivity index (χ3n) is 3.46. The van der Waals surface area contributed by atoms with Crippen molar-refractivity contribution in [3.63, 3.8) is 0 Å². The van der Waals surface area contributed by atoms with Crippen LogP contribution in [0.1, 0.15) is 37.4 Å². The van der Waals surface area contributed by atoms with Crippen molar-refractivity contribution < 1.29 is 4.74 Å². The lowest BCUT2D eigenvalue weighted by Crippen LogP contribution is -2.14. The Bertz CT molecular complexity index is 536. The Hall–Kier alpha value is -1.80. The highest BCUT2D eigenvalue weighted by Gasteiger charge is 2.07. The molecule has 2 aromatic rings. The van der Waals surface area contributed by atoms with E-state index in [0.29, 0.717) is 12.5 Å². The van der Waals surface area contributed by atoms with Crippen LogP contribution in [0.25, 0.3) is 0 Å². The predicted octanol–water partition coefficient (Wildman–Crippen LogP) is 4.35. The number of ether oxygens (including phenoxy) is 1. The van der Waals surface area contributed by atoms with Crippen molar-refractivity contribution in [3.05, 3.63) is 65.7 Å². The molecule has 0 aromatic heterocycles. The minimum Gasteiger partial charge on any atom is -0.494 e. The summed E-state index contributed by atoms with van der Waals surface area (Å²) in [5.74, 6) is 1.57. The molecule has 0 radical (unpaired) electrons. The number of nitrogens with two attached hydrogens (primary N) is 1. The molecule has 0 saturated carbocycles. The lowest BCUT2D eigenvalue weighted by molar-refractivity contribution is 0.298. The Labute approximate surface area is 127 Å². The van der Waals surface area contributed by atoms with E-state index in [1.807, 2.05) is 30.3 Å². The minimum absolute atomic E-state index is 0.0285. The predicted molar refractivity (Wildman–Crippen MR) is 88.5 cm³/mol. The highest BCUT2D eigenvalue weighted by atomic mass is 16.5. The van der Waals surface area contributed by atoms with E-state index in [4.69, 9.17) is 10.5 Å². The molecule has 0 amide bonds. The number of hydrogen-bond donors (Lipinski definition) is 1. The molecule has 21 heavy (non-hydrogen) atoms. The van der Waals surface area contributed by atoms with E-state index in [-0.39, 0.29) is 6.04 Å². The van der Waals surface area contributed by atoms with E-state index >= 15 is 0 Å². The summed E-state index contributed by atoms with van der Waals surface area (Å²) in [6, 6.07) is 18.5. The summed E-state index contributed by atoms with van der Waals surface area (Å²) < 4.78 is 5.71. The van der Waals surface area contributed by atoms with E-state index in [1.54, 1.807) is 0 Å². The van der Waals surface area contributed by atoms with E-state index < -0.39 is 0 Å². The SMILES string of the molecule is CC(C)Cc1cccc(C(N)CCOc2ccccc2)c1. The van der Waals surface area contributed by atoms with Gasteiger partial charge in [0.1, 0.15) is 5.75 Å². The molecule has 2 N–H and O–H groups in total. The summed E-state index contributed by atoms with van der Waals surface area (Å²) in [5.41, 5.74) is 8.84. The Morgan fingerprint density at radius 3 is 2.48 bits per heavy atom. The molecular formula is C19H25NO. The zero-order valence-corrected chi connectivity index (χ0v) is 13.0. The topological polar surface area (TPSA) is 35.2 Å². The highest BCUT2D eigenvalue weighted by Crippen LogP contribution is 2.18. The van der Waals surface area contributed by atoms with Crippen molar-refractivity contribution in [2.45, 2.75) is 32.7 Å². The average molecular weight is 283 g/mol. The van der Waals surface area contributed by atoms with E-state index in [1.165, 1.54) is 11.1 Å². The number of hydrogen-bond acceptors (Lipinski definition) is 2. The fourth-order valence-electron chi connectivity index (χ4n) is 2.41. The molecule has 0 heterocycles. The highest BCUT2D eigenvalue weighted by molar-refractivity contribution is 5.26. The molecule has 2 nitrogen and oxygen atoms in total. The Kier molecular flexibility index (Phi) is 5.82. The number of rotatable bonds is 7. The lowest BCUT2D eigenvalue weighted by Gasteiger charge is -2.14. The van der Waals surface area contributed by atoms with Gasteiger partial charge < -0.3 is 10.5 Å². The first-order valence-electron chi connectivity index (χ1n) is 7.67. The summed E-state index contributed by atoms with van der Waals surface area (Å²) in [5, 5.41) is 0. The second kappa shape index (κ2) is 7.84. The Morgan fingerprint density at radius 2 is 1.76 bits per heavy atom. The van der Waals surface area contributed by atoms with Crippen molar-refractivity contribution >= 4 is 0 Å². The van der Waals surface area contributed by atoms with Gasteiger partial charge in [-0.25, -0.2) is 0 Å². The summed E-state index contributed by atoms with van der Waals surface area (Å²) in [6.45, 7) is 5.11. The lowest BCUT2D eigenvalue weighted by atomic mass is 9.97. The summed E-state index contributed by atoms with van der Waals surface area (Å²) in [4.78, 5) is 0. The van der Waals surface area contributed by atoms with Gasteiger partial charge in [0.25, 0.3) is 0 Å². The van der Waals surface area contributed by atoms with Gasteiger partial charge in [-0.1, -0.05) is 56.3 Å². The summed E-state index contributed by atoms with van der Waals surface area (Å²) in [6.07, 6.45) is 1.92. The first-order valence-corrected chi connectivity index (χ1v) is 7.67. The molecule has 2 aromatic carbocycles. The van der Waals surface area contributed by atoms with Gasteiger partial charge in [-0.15, -0.1) is 0 Å². The maximum absolute atomic E-state index is 6.28. The average Bonchev–Trinajstić information content (AvgIpc) is 2.48. The van der Waals surface area contributed by atoms with Gasteiger partial charge in [0.15, 0.2) is 0 Å². The van der Waals surface area contributed by atoms with Crippen molar-refractivity contribution in [1.82, 2.24) is 0 Å². The zero-order valence-electron chi connectivity index (χ0n) is 13.0. The standard InChI is InChI=1S/C19H25NO/c1-15(2)13-16-7-6-8-17(14-16)19(20)11-12-21-18-9-4-3-5-10-18/h3-10,14-15,19H,11-13,20H2,1-2H3. The van der Waals surface area contributed by atoms with Crippen LogP contribution >= 0.6 is 0 Å². The molecule has 2 rings (SSSR count). The molecule has 1 unspecified atom stereocenters. The van der Waals surface area contributed by atoms with Gasteiger partial charge in [-0.3, -0.25) is 0 Å². The van der Waals surface area contributed by atoms with E-state index in [9.17, 15) is 0 Å². The number of para-hydroxylation sites is 1. The molecule has 0 fully saturated rings. The van der Waals surface area contributed by atoms with Crippen molar-refractivity contribution in [3.8, 4) is 5.75 Å². The molecule has 0 bridgehead atoms. The Morgan fingerprint density at radius 1 is 1.00 bits per heavy atom. The van der Waals surface area contributed by atoms with Gasteiger partial charge in [0, 0.05) is 12.5 Å². The molecule has 0 aliphatic rings. The molecule has 1 atom stereocenters. The van der Waals surface area contributed by atoms with Gasteiger partial charge in [0.05, 0.1) is 6.61 Å². The van der Waals surface area contributed by atoms with Gasteiger partial charge in [-0.05, 0) is 35.6 Å². The van der Waals surface area contributed by atoms with Crippen molar-refractivity contribution in [1.29, 1.82) is 0 Å². The van der Waals surface area contributed by atoms with Gasteiger partial charge in [0.2, 0.25) is 0 Å². The fourth-order valence-corrected chi connectivity index (χ4v) is 2.41. The quantitative estimate of drug-likeness (QED) is 0.819. The van der Waals surface area contributed by atoms with Crippen LogP contribution in [0.15, 0.2) is 54.6 Å². The third kappa shape index (κ3) is 5.24. The van der Waals surface area contributed by atoms with Crippen LogP contribution < -0.4 is 10.5 Å². The van der Waals surface area contributed by atoms with E-state index in [0.717, 1.165) is 18.6 Å². The molecule has 112 valence electrons. The smallest absolute Gasteiger partial charge is 0.119 e. The Balaban J connectivity index is 1.86. The fraction of sp³-hybridized carbons (Fsp3) is 0.368. The molecule has 0 saturated heterocycles. The van der Waals surface area contributed by atoms with Crippen molar-refractivity contribution in [2.75, 3.05) is 6.61 Å². The van der Waals surface area contributed by atoms with Crippen LogP contribution in [-0.4, -0.2) is 6.61 Å². The van der Waals surface area contributed by atoms with Gasteiger partial charge in [-0.2, -0.15) is 0 Å². The second-order valence-electron chi connectivity index (χ2n) is 5.90. The van der Waals surface area contributed by atoms with Crippen molar-refractivity contribution in [2.24, 2.45) is 11.7 Å². The van der Waals surface area contributed by atoms with E-state index in [2.05, 4.69) is 38.1 Å². The zero-order chi connectivity index (χ0) is 15.1. The number of benzene rings is 2. The van der Waals surface area contributed by atoms with Gasteiger partial charge >= 0.3 is 0 Å². The maximum Gasteiger partial charge on any atom is 0.119 e. The van der Waals surface area contributed by atoms with Crippen LogP contribution in [0.2, 0.25) is 0 Å². The summed E-state index contributed by atoms with van der Waals surface area (Å²) in [7, 11) is 0. The first-order chi connectivity index (χ1) is 10.1. The van der Waals surface area contributed by atoms with Crippen LogP contribution in [0.3, 0.4) is 0 Å². The maximum atomic E-state index is 6.28. The van der Waals surface area contributed by atoms with Crippen LogP contribution in [0.5, 0.6) is 5.75 Å². The first kappa shape index (κ1) is 15.6. The largest absolute Gasteiger partial charge is 0.494 e. The minimum atomic E-state index is 0.0285. The molecule has 0 aliphatic carbocycles. The third-order valence-corrected chi connectivity index (χ3v) is 3.46. The molecular weight excluding hydrogens is 258 g/mol. The molecule has 0 spiro atoms. The molecule has 2 heteroatoms. The van der Waals surface area contributed by atoms with Crippen LogP contribution in [0, 0.1) is 5.92 Å². The normalized spacial score (nSPS) is 12.4. The van der Waals surface area contributed by atoms with Crippen LogP contribution in [-0.2, 0) is 6.42 Å². The second-order valence-corrected chi connectivity index (χ2v) is 5.90.